The normalized spacial score (nSPS) is 28.5. The third kappa shape index (κ3) is 0.902. The van der Waals surface area contributed by atoms with Crippen molar-refractivity contribution in [1.82, 2.24) is 0 Å². The van der Waals surface area contributed by atoms with Crippen molar-refractivity contribution in [3.63, 3.8) is 0 Å². The van der Waals surface area contributed by atoms with Crippen LogP contribution in [0.4, 0.5) is 4.39 Å². The molecule has 0 amide bonds. The summed E-state index contributed by atoms with van der Waals surface area (Å²) in [5.41, 5.74) is 2.22. The Morgan fingerprint density at radius 2 is 1.62 bits per heavy atom. The van der Waals surface area contributed by atoms with Gasteiger partial charge in [0.2, 0.25) is 0 Å². The maximum Gasteiger partial charge on any atom is 0.108 e. The van der Waals surface area contributed by atoms with E-state index in [0.717, 1.165) is 5.56 Å². The van der Waals surface area contributed by atoms with E-state index in [1.54, 1.807) is 6.08 Å². The molecule has 5 aliphatic rings. The molecule has 1 heteroatoms. The van der Waals surface area contributed by atoms with Gasteiger partial charge in [-0.2, -0.15) is 0 Å². The first-order valence-electron chi connectivity index (χ1n) is 4.50. The lowest BCUT2D eigenvalue weighted by Gasteiger charge is -2.23. The van der Waals surface area contributed by atoms with Gasteiger partial charge >= 0.3 is 0 Å². The fraction of sp³-hybridized carbons (Fsp3) is 0.167. The van der Waals surface area contributed by atoms with Gasteiger partial charge in [-0.05, 0) is 17.2 Å². The van der Waals surface area contributed by atoms with Crippen molar-refractivity contribution in [2.45, 2.75) is 11.8 Å². The molecule has 0 heterocycles. The molecule has 0 radical (unpaired) electrons. The molecular weight excluding hydrogens is 163 g/mol. The molecule has 0 fully saturated rings. The van der Waals surface area contributed by atoms with Crippen LogP contribution in [0, 0.1) is 0 Å². The molecule has 0 aromatic heterocycles. The van der Waals surface area contributed by atoms with Gasteiger partial charge in [0.1, 0.15) is 5.83 Å². The van der Waals surface area contributed by atoms with Crippen LogP contribution in [0.25, 0.3) is 0 Å². The molecule has 5 aliphatic carbocycles. The summed E-state index contributed by atoms with van der Waals surface area (Å²) in [6.07, 6.45) is 5.76. The average molecular weight is 172 g/mol. The third-order valence-electron chi connectivity index (χ3n) is 2.83. The molecule has 0 N–H and O–H groups in total. The van der Waals surface area contributed by atoms with Gasteiger partial charge in [0, 0.05) is 5.92 Å². The second kappa shape index (κ2) is 2.32. The fourth-order valence-corrected chi connectivity index (χ4v) is 2.06. The van der Waals surface area contributed by atoms with E-state index in [9.17, 15) is 4.39 Å². The topological polar surface area (TPSA) is 0 Å². The Hall–Kier alpha value is -1.37. The third-order valence-corrected chi connectivity index (χ3v) is 2.83. The van der Waals surface area contributed by atoms with Crippen LogP contribution in [0.5, 0.6) is 0 Å². The van der Waals surface area contributed by atoms with E-state index in [-0.39, 0.29) is 17.7 Å². The Kier molecular flexibility index (Phi) is 1.26. The Labute approximate surface area is 76.4 Å². The van der Waals surface area contributed by atoms with Crippen molar-refractivity contribution in [2.75, 3.05) is 0 Å². The van der Waals surface area contributed by atoms with Crippen molar-refractivity contribution >= 4 is 0 Å². The minimum absolute atomic E-state index is 0.00583. The van der Waals surface area contributed by atoms with Crippen molar-refractivity contribution in [3.05, 3.63) is 59.4 Å². The number of hydrogen-bond acceptors (Lipinski definition) is 0. The van der Waals surface area contributed by atoms with E-state index in [1.165, 1.54) is 5.56 Å². The molecule has 1 aromatic rings. The van der Waals surface area contributed by atoms with Gasteiger partial charge in [0.25, 0.3) is 0 Å². The summed E-state index contributed by atoms with van der Waals surface area (Å²) in [7, 11) is 0. The summed E-state index contributed by atoms with van der Waals surface area (Å²) in [5, 5.41) is 0. The highest BCUT2D eigenvalue weighted by Gasteiger charge is 2.23. The fourth-order valence-electron chi connectivity index (χ4n) is 2.06. The lowest BCUT2D eigenvalue weighted by atomic mass is 9.82. The van der Waals surface area contributed by atoms with E-state index in [1.807, 2.05) is 18.2 Å². The van der Waals surface area contributed by atoms with Crippen LogP contribution in [0.1, 0.15) is 23.0 Å². The Morgan fingerprint density at radius 3 is 2.31 bits per heavy atom. The standard InChI is InChI=1S/C12H9F/c13-12-7-10-5-6-11(12)9-3-1-8(10)2-4-9/h1-7,10-11H. The first-order chi connectivity index (χ1) is 6.34. The van der Waals surface area contributed by atoms with E-state index in [0.29, 0.717) is 0 Å². The quantitative estimate of drug-likeness (QED) is 0.527. The molecule has 0 spiro atoms. The van der Waals surface area contributed by atoms with Gasteiger partial charge in [0.05, 0.1) is 5.92 Å². The van der Waals surface area contributed by atoms with Crippen LogP contribution < -0.4 is 0 Å². The largest absolute Gasteiger partial charge is 0.211 e. The summed E-state index contributed by atoms with van der Waals surface area (Å²) in [4.78, 5) is 0. The number of allylic oxidation sites excluding steroid dienone is 4. The predicted molar refractivity (Wildman–Crippen MR) is 50.3 cm³/mol. The monoisotopic (exact) mass is 172 g/mol. The number of hydrogen-bond donors (Lipinski definition) is 0. The van der Waals surface area contributed by atoms with Gasteiger partial charge in [-0.1, -0.05) is 36.4 Å². The molecule has 4 bridgehead atoms. The smallest absolute Gasteiger partial charge is 0.108 e. The highest BCUT2D eigenvalue weighted by atomic mass is 19.1. The van der Waals surface area contributed by atoms with Crippen LogP contribution in [0.2, 0.25) is 0 Å². The average Bonchev–Trinajstić information content (AvgIpc) is 2.13. The first kappa shape index (κ1) is 7.07. The highest BCUT2D eigenvalue weighted by molar-refractivity contribution is 5.45. The van der Waals surface area contributed by atoms with Crippen molar-refractivity contribution in [2.24, 2.45) is 0 Å². The van der Waals surface area contributed by atoms with Gasteiger partial charge in [-0.3, -0.25) is 0 Å². The summed E-state index contributed by atoms with van der Waals surface area (Å²) in [6, 6.07) is 8.20. The van der Waals surface area contributed by atoms with Crippen LogP contribution >= 0.6 is 0 Å². The second-order valence-electron chi connectivity index (χ2n) is 3.61. The zero-order valence-corrected chi connectivity index (χ0v) is 7.07. The van der Waals surface area contributed by atoms with Gasteiger partial charge in [-0.15, -0.1) is 0 Å². The number of benzene rings is 1. The Balaban J connectivity index is 2.31. The summed E-state index contributed by atoms with van der Waals surface area (Å²) in [5.74, 6) is 0.00454. The van der Waals surface area contributed by atoms with Crippen LogP contribution in [-0.4, -0.2) is 0 Å². The maximum absolute atomic E-state index is 13.5. The molecule has 1 aromatic carbocycles. The summed E-state index contributed by atoms with van der Waals surface area (Å²) < 4.78 is 13.5. The van der Waals surface area contributed by atoms with Gasteiger partial charge < -0.3 is 0 Å². The highest BCUT2D eigenvalue weighted by Crippen LogP contribution is 2.38. The van der Waals surface area contributed by atoms with Crippen molar-refractivity contribution in [3.8, 4) is 0 Å². The van der Waals surface area contributed by atoms with Crippen LogP contribution in [-0.2, 0) is 0 Å². The molecule has 0 aliphatic heterocycles. The Bertz CT molecular complexity index is 398. The molecule has 6 rings (SSSR count). The van der Waals surface area contributed by atoms with E-state index in [2.05, 4.69) is 18.2 Å². The van der Waals surface area contributed by atoms with E-state index >= 15 is 0 Å². The molecule has 64 valence electrons. The zero-order valence-electron chi connectivity index (χ0n) is 7.07. The predicted octanol–water partition coefficient (Wildman–Crippen LogP) is 3.29. The van der Waals surface area contributed by atoms with Gasteiger partial charge in [-0.25, -0.2) is 4.39 Å². The zero-order chi connectivity index (χ0) is 8.84. The lowest BCUT2D eigenvalue weighted by Crippen LogP contribution is -2.08. The van der Waals surface area contributed by atoms with E-state index < -0.39 is 0 Å². The minimum Gasteiger partial charge on any atom is -0.211 e. The molecular formula is C12H9F. The first-order valence-corrected chi connectivity index (χ1v) is 4.50. The molecule has 2 atom stereocenters. The Morgan fingerprint density at radius 1 is 0.923 bits per heavy atom. The van der Waals surface area contributed by atoms with Crippen molar-refractivity contribution in [1.29, 1.82) is 0 Å². The van der Waals surface area contributed by atoms with Crippen LogP contribution in [0.3, 0.4) is 0 Å². The number of halogens is 1. The summed E-state index contributed by atoms with van der Waals surface area (Å²) in [6.45, 7) is 0. The molecule has 13 heavy (non-hydrogen) atoms. The molecule has 0 nitrogen and oxygen atoms in total. The SMILES string of the molecule is FC1=CC2C=CC1c1ccc2cc1. The minimum atomic E-state index is -0.134. The second-order valence-corrected chi connectivity index (χ2v) is 3.61. The maximum atomic E-state index is 13.5. The molecule has 0 saturated heterocycles. The van der Waals surface area contributed by atoms with Gasteiger partial charge in [0.15, 0.2) is 0 Å². The van der Waals surface area contributed by atoms with E-state index in [4.69, 9.17) is 0 Å². The van der Waals surface area contributed by atoms with Crippen molar-refractivity contribution < 1.29 is 4.39 Å². The summed E-state index contributed by atoms with van der Waals surface area (Å²) >= 11 is 0. The molecule has 2 unspecified atom stereocenters. The number of rotatable bonds is 0. The molecule has 0 saturated carbocycles. The van der Waals surface area contributed by atoms with Crippen LogP contribution in [0.15, 0.2) is 48.3 Å². The lowest BCUT2D eigenvalue weighted by molar-refractivity contribution is 0.567.